The highest BCUT2D eigenvalue weighted by atomic mass is 16.3. The number of aryl methyl sites for hydroxylation is 1. The van der Waals surface area contributed by atoms with Crippen molar-refractivity contribution in [3.8, 4) is 0 Å². The molecule has 0 aliphatic rings. The lowest BCUT2D eigenvalue weighted by atomic mass is 10.2. The van der Waals surface area contributed by atoms with Crippen molar-refractivity contribution in [2.24, 2.45) is 0 Å². The summed E-state index contributed by atoms with van der Waals surface area (Å²) in [4.78, 5) is 10.9. The molecule has 0 saturated carbocycles. The summed E-state index contributed by atoms with van der Waals surface area (Å²) < 4.78 is 1.92. The molecule has 0 saturated heterocycles. The molecule has 13 heavy (non-hydrogen) atoms. The van der Waals surface area contributed by atoms with Crippen LogP contribution in [0.4, 0.5) is 0 Å². The third-order valence-corrected chi connectivity index (χ3v) is 1.96. The van der Waals surface area contributed by atoms with Gasteiger partial charge in [-0.2, -0.15) is 0 Å². The second kappa shape index (κ2) is 4.23. The lowest BCUT2D eigenvalue weighted by Gasteiger charge is -2.04. The molecule has 3 nitrogen and oxygen atoms in total. The first kappa shape index (κ1) is 9.99. The Kier molecular flexibility index (Phi) is 3.25. The van der Waals surface area contributed by atoms with Gasteiger partial charge in [0.15, 0.2) is 5.78 Å². The fourth-order valence-electron chi connectivity index (χ4n) is 1.12. The number of rotatable bonds is 4. The minimum atomic E-state index is -0.289. The summed E-state index contributed by atoms with van der Waals surface area (Å²) in [6, 6.07) is 1.80. The fraction of sp³-hybridized carbons (Fsp3) is 0.500. The van der Waals surface area contributed by atoms with Crippen molar-refractivity contribution >= 4 is 5.78 Å². The monoisotopic (exact) mass is 181 g/mol. The number of hydrogen-bond donors (Lipinski definition) is 1. The minimum absolute atomic E-state index is 0.0794. The first-order valence-electron chi connectivity index (χ1n) is 4.44. The zero-order valence-electron chi connectivity index (χ0n) is 8.03. The van der Waals surface area contributed by atoms with E-state index in [-0.39, 0.29) is 11.9 Å². The highest BCUT2D eigenvalue weighted by Gasteiger charge is 2.02. The molecule has 0 spiro atoms. The predicted octanol–water partition coefficient (Wildman–Crippen LogP) is 1.46. The lowest BCUT2D eigenvalue weighted by molar-refractivity contribution is 0.101. The third kappa shape index (κ3) is 3.03. The smallest absolute Gasteiger partial charge is 0.161 e. The van der Waals surface area contributed by atoms with Crippen LogP contribution in [0.5, 0.6) is 0 Å². The summed E-state index contributed by atoms with van der Waals surface area (Å²) in [5.74, 6) is 0.0794. The zero-order valence-corrected chi connectivity index (χ0v) is 8.03. The Hall–Kier alpha value is -1.09. The molecule has 1 unspecified atom stereocenters. The summed E-state index contributed by atoms with van der Waals surface area (Å²) in [6.45, 7) is 4.06. The van der Waals surface area contributed by atoms with Gasteiger partial charge in [0, 0.05) is 24.5 Å². The molecule has 1 N–H and O–H groups in total. The molecule has 1 aromatic heterocycles. The van der Waals surface area contributed by atoms with Crippen LogP contribution in [0.2, 0.25) is 0 Å². The lowest BCUT2D eigenvalue weighted by Crippen LogP contribution is -2.05. The molecular formula is C10H15NO2. The van der Waals surface area contributed by atoms with E-state index in [4.69, 9.17) is 5.11 Å². The number of nitrogens with zero attached hydrogens (tertiary/aromatic N) is 1. The molecule has 0 aliphatic carbocycles. The molecule has 0 aromatic carbocycles. The van der Waals surface area contributed by atoms with Crippen LogP contribution in [-0.4, -0.2) is 21.6 Å². The molecule has 0 amide bonds. The molecule has 1 atom stereocenters. The van der Waals surface area contributed by atoms with E-state index in [1.165, 1.54) is 0 Å². The van der Waals surface area contributed by atoms with E-state index in [1.807, 2.05) is 17.0 Å². The second-order valence-electron chi connectivity index (χ2n) is 3.33. The van der Waals surface area contributed by atoms with Crippen LogP contribution in [0.25, 0.3) is 0 Å². The van der Waals surface area contributed by atoms with Gasteiger partial charge in [0.1, 0.15) is 0 Å². The Morgan fingerprint density at radius 1 is 1.69 bits per heavy atom. The van der Waals surface area contributed by atoms with Gasteiger partial charge in [-0.05, 0) is 26.3 Å². The van der Waals surface area contributed by atoms with Crippen LogP contribution in [0.1, 0.15) is 30.6 Å². The highest BCUT2D eigenvalue weighted by molar-refractivity contribution is 5.93. The molecule has 1 rings (SSSR count). The SMILES string of the molecule is CC(=O)c1ccn(CCC(C)O)c1. The van der Waals surface area contributed by atoms with Crippen molar-refractivity contribution < 1.29 is 9.90 Å². The molecule has 0 bridgehead atoms. The third-order valence-electron chi connectivity index (χ3n) is 1.96. The number of Topliss-reactive ketones (excluding diaryl/α,β-unsaturated/α-hetero) is 1. The predicted molar refractivity (Wildman–Crippen MR) is 50.7 cm³/mol. The fourth-order valence-corrected chi connectivity index (χ4v) is 1.12. The Morgan fingerprint density at radius 2 is 2.38 bits per heavy atom. The van der Waals surface area contributed by atoms with Crippen molar-refractivity contribution in [3.05, 3.63) is 24.0 Å². The number of aliphatic hydroxyl groups excluding tert-OH is 1. The number of aliphatic hydroxyl groups is 1. The van der Waals surface area contributed by atoms with Crippen molar-refractivity contribution in [1.29, 1.82) is 0 Å². The quantitative estimate of drug-likeness (QED) is 0.714. The topological polar surface area (TPSA) is 42.2 Å². The van der Waals surface area contributed by atoms with Crippen LogP contribution in [0.3, 0.4) is 0 Å². The van der Waals surface area contributed by atoms with Crippen LogP contribution in [-0.2, 0) is 6.54 Å². The van der Waals surface area contributed by atoms with E-state index in [9.17, 15) is 4.79 Å². The molecule has 3 heteroatoms. The summed E-state index contributed by atoms with van der Waals surface area (Å²) >= 11 is 0. The first-order valence-corrected chi connectivity index (χ1v) is 4.44. The number of hydrogen-bond acceptors (Lipinski definition) is 2. The Labute approximate surface area is 78.0 Å². The van der Waals surface area contributed by atoms with Crippen molar-refractivity contribution in [1.82, 2.24) is 4.57 Å². The molecule has 1 aromatic rings. The maximum absolute atomic E-state index is 10.9. The van der Waals surface area contributed by atoms with Gasteiger partial charge in [-0.25, -0.2) is 0 Å². The summed E-state index contributed by atoms with van der Waals surface area (Å²) in [5, 5.41) is 9.05. The standard InChI is InChI=1S/C10H15NO2/c1-8(12)3-5-11-6-4-10(7-11)9(2)13/h4,6-8,12H,3,5H2,1-2H3. The normalized spacial score (nSPS) is 12.8. The van der Waals surface area contributed by atoms with Gasteiger partial charge >= 0.3 is 0 Å². The Bertz CT molecular complexity index is 289. The van der Waals surface area contributed by atoms with Crippen LogP contribution in [0.15, 0.2) is 18.5 Å². The van der Waals surface area contributed by atoms with Crippen molar-refractivity contribution in [2.75, 3.05) is 0 Å². The minimum Gasteiger partial charge on any atom is -0.393 e. The summed E-state index contributed by atoms with van der Waals surface area (Å²) in [5.41, 5.74) is 0.727. The molecular weight excluding hydrogens is 166 g/mol. The average Bonchev–Trinajstić information content (AvgIpc) is 2.48. The summed E-state index contributed by atoms with van der Waals surface area (Å²) in [7, 11) is 0. The van der Waals surface area contributed by atoms with E-state index in [0.29, 0.717) is 6.42 Å². The Morgan fingerprint density at radius 3 is 2.85 bits per heavy atom. The molecule has 1 heterocycles. The van der Waals surface area contributed by atoms with Gasteiger partial charge in [-0.3, -0.25) is 4.79 Å². The largest absolute Gasteiger partial charge is 0.393 e. The van der Waals surface area contributed by atoms with Gasteiger partial charge in [-0.15, -0.1) is 0 Å². The first-order chi connectivity index (χ1) is 6.09. The summed E-state index contributed by atoms with van der Waals surface area (Å²) in [6.07, 6.45) is 4.10. The van der Waals surface area contributed by atoms with Gasteiger partial charge < -0.3 is 9.67 Å². The number of carbonyl (C=O) groups excluding carboxylic acids is 1. The van der Waals surface area contributed by atoms with Gasteiger partial charge in [0.2, 0.25) is 0 Å². The number of ketones is 1. The van der Waals surface area contributed by atoms with E-state index < -0.39 is 0 Å². The van der Waals surface area contributed by atoms with E-state index in [2.05, 4.69) is 0 Å². The number of aromatic nitrogens is 1. The highest BCUT2D eigenvalue weighted by Crippen LogP contribution is 2.04. The van der Waals surface area contributed by atoms with Crippen LogP contribution >= 0.6 is 0 Å². The zero-order chi connectivity index (χ0) is 9.84. The molecule has 0 radical (unpaired) electrons. The molecule has 0 fully saturated rings. The van der Waals surface area contributed by atoms with Crippen molar-refractivity contribution in [2.45, 2.75) is 32.9 Å². The maximum atomic E-state index is 10.9. The number of carbonyl (C=O) groups is 1. The van der Waals surface area contributed by atoms with Gasteiger partial charge in [0.05, 0.1) is 6.10 Å². The van der Waals surface area contributed by atoms with Gasteiger partial charge in [-0.1, -0.05) is 0 Å². The van der Waals surface area contributed by atoms with Crippen molar-refractivity contribution in [3.63, 3.8) is 0 Å². The van der Waals surface area contributed by atoms with E-state index >= 15 is 0 Å². The average molecular weight is 181 g/mol. The Balaban J connectivity index is 2.54. The van der Waals surface area contributed by atoms with E-state index in [1.54, 1.807) is 19.9 Å². The molecule has 0 aliphatic heterocycles. The maximum Gasteiger partial charge on any atom is 0.161 e. The van der Waals surface area contributed by atoms with Gasteiger partial charge in [0.25, 0.3) is 0 Å². The van der Waals surface area contributed by atoms with Crippen LogP contribution < -0.4 is 0 Å². The van der Waals surface area contributed by atoms with Crippen LogP contribution in [0, 0.1) is 0 Å². The second-order valence-corrected chi connectivity index (χ2v) is 3.33. The molecule has 72 valence electrons. The van der Waals surface area contributed by atoms with E-state index in [0.717, 1.165) is 12.1 Å².